The normalized spacial score (nSPS) is 10.2. The van der Waals surface area contributed by atoms with Gasteiger partial charge in [-0.15, -0.1) is 0 Å². The first-order valence-corrected chi connectivity index (χ1v) is 9.42. The summed E-state index contributed by atoms with van der Waals surface area (Å²) in [4.78, 5) is 16.6. The molecule has 0 saturated heterocycles. The standard InChI is InChI=1S/C22H23N5O2/c1-3-29-18-8-9-20-16(13-18)12-17(14-23)21(26-20)24-10-11-25-22(28)27-19-7-5-4-6-15(19)2/h4-9,12-13H,3,10-11H2,1-2H3,(H,24,26)(H2,25,27,28). The van der Waals surface area contributed by atoms with Crippen molar-refractivity contribution in [2.24, 2.45) is 0 Å². The molecular formula is C22H23N5O2. The molecule has 3 N–H and O–H groups in total. The Morgan fingerprint density at radius 2 is 2.00 bits per heavy atom. The monoisotopic (exact) mass is 389 g/mol. The number of amides is 2. The van der Waals surface area contributed by atoms with E-state index < -0.39 is 0 Å². The predicted octanol–water partition coefficient (Wildman–Crippen LogP) is 4.05. The summed E-state index contributed by atoms with van der Waals surface area (Å²) in [5.74, 6) is 1.24. The molecule has 0 aliphatic carbocycles. The molecule has 1 heterocycles. The van der Waals surface area contributed by atoms with E-state index in [0.29, 0.717) is 31.1 Å². The van der Waals surface area contributed by atoms with Crippen molar-refractivity contribution in [3.05, 3.63) is 59.7 Å². The number of nitrogens with one attached hydrogen (secondary N) is 3. The van der Waals surface area contributed by atoms with Crippen molar-refractivity contribution in [3.63, 3.8) is 0 Å². The maximum atomic E-state index is 12.0. The van der Waals surface area contributed by atoms with Crippen LogP contribution in [0.4, 0.5) is 16.3 Å². The molecule has 2 amide bonds. The van der Waals surface area contributed by atoms with Crippen molar-refractivity contribution in [1.82, 2.24) is 10.3 Å². The number of fused-ring (bicyclic) bond motifs is 1. The number of nitrogens with zero attached hydrogens (tertiary/aromatic N) is 2. The van der Waals surface area contributed by atoms with Gasteiger partial charge in [-0.05, 0) is 49.7 Å². The number of aryl methyl sites for hydroxylation is 1. The van der Waals surface area contributed by atoms with Gasteiger partial charge in [0.05, 0.1) is 17.7 Å². The van der Waals surface area contributed by atoms with Gasteiger partial charge in [-0.25, -0.2) is 9.78 Å². The van der Waals surface area contributed by atoms with Gasteiger partial charge in [0.1, 0.15) is 17.6 Å². The van der Waals surface area contributed by atoms with Gasteiger partial charge < -0.3 is 20.7 Å². The number of benzene rings is 2. The van der Waals surface area contributed by atoms with E-state index in [4.69, 9.17) is 4.74 Å². The highest BCUT2D eigenvalue weighted by Gasteiger charge is 2.08. The Bertz CT molecular complexity index is 1060. The second kappa shape index (κ2) is 9.42. The van der Waals surface area contributed by atoms with E-state index in [1.54, 1.807) is 6.07 Å². The molecule has 0 fully saturated rings. The predicted molar refractivity (Wildman–Crippen MR) is 114 cm³/mol. The highest BCUT2D eigenvalue weighted by Crippen LogP contribution is 2.24. The summed E-state index contributed by atoms with van der Waals surface area (Å²) in [5, 5.41) is 19.0. The summed E-state index contributed by atoms with van der Waals surface area (Å²) < 4.78 is 5.50. The van der Waals surface area contributed by atoms with E-state index in [2.05, 4.69) is 27.0 Å². The summed E-state index contributed by atoms with van der Waals surface area (Å²) in [6.45, 7) is 5.25. The van der Waals surface area contributed by atoms with Crippen molar-refractivity contribution < 1.29 is 9.53 Å². The molecular weight excluding hydrogens is 366 g/mol. The number of hydrogen-bond acceptors (Lipinski definition) is 5. The van der Waals surface area contributed by atoms with Crippen LogP contribution < -0.4 is 20.7 Å². The maximum Gasteiger partial charge on any atom is 0.319 e. The zero-order valence-electron chi connectivity index (χ0n) is 16.5. The van der Waals surface area contributed by atoms with Crippen LogP contribution in [0.15, 0.2) is 48.5 Å². The first-order chi connectivity index (χ1) is 14.1. The highest BCUT2D eigenvalue weighted by molar-refractivity contribution is 5.90. The first-order valence-electron chi connectivity index (χ1n) is 9.42. The van der Waals surface area contributed by atoms with Crippen LogP contribution in [0.1, 0.15) is 18.1 Å². The van der Waals surface area contributed by atoms with Crippen LogP contribution in [-0.4, -0.2) is 30.7 Å². The van der Waals surface area contributed by atoms with Crippen LogP contribution in [0.2, 0.25) is 0 Å². The smallest absolute Gasteiger partial charge is 0.319 e. The summed E-state index contributed by atoms with van der Waals surface area (Å²) in [6, 6.07) is 16.8. The lowest BCUT2D eigenvalue weighted by Crippen LogP contribution is -2.33. The fourth-order valence-corrected chi connectivity index (χ4v) is 2.87. The Labute approximate surface area is 169 Å². The zero-order valence-corrected chi connectivity index (χ0v) is 16.5. The van der Waals surface area contributed by atoms with Crippen molar-refractivity contribution in [2.45, 2.75) is 13.8 Å². The van der Waals surface area contributed by atoms with Crippen molar-refractivity contribution >= 4 is 28.4 Å². The van der Waals surface area contributed by atoms with Gasteiger partial charge in [0.15, 0.2) is 0 Å². The molecule has 0 spiro atoms. The van der Waals surface area contributed by atoms with Crippen LogP contribution in [0.25, 0.3) is 10.9 Å². The third-order valence-electron chi connectivity index (χ3n) is 4.31. The molecule has 7 nitrogen and oxygen atoms in total. The Morgan fingerprint density at radius 1 is 1.17 bits per heavy atom. The molecule has 148 valence electrons. The van der Waals surface area contributed by atoms with Gasteiger partial charge in [0.25, 0.3) is 0 Å². The van der Waals surface area contributed by atoms with Crippen LogP contribution >= 0.6 is 0 Å². The van der Waals surface area contributed by atoms with Crippen molar-refractivity contribution in [1.29, 1.82) is 5.26 Å². The number of aromatic nitrogens is 1. The fraction of sp³-hybridized carbons (Fsp3) is 0.227. The number of urea groups is 1. The van der Waals surface area contributed by atoms with Gasteiger partial charge in [-0.2, -0.15) is 5.26 Å². The second-order valence-electron chi connectivity index (χ2n) is 6.41. The maximum absolute atomic E-state index is 12.0. The Morgan fingerprint density at radius 3 is 2.76 bits per heavy atom. The Kier molecular flexibility index (Phi) is 6.48. The third-order valence-corrected chi connectivity index (χ3v) is 4.31. The first kappa shape index (κ1) is 20.0. The van der Waals surface area contributed by atoms with Gasteiger partial charge >= 0.3 is 6.03 Å². The topological polar surface area (TPSA) is 99.1 Å². The Balaban J connectivity index is 1.58. The summed E-state index contributed by atoms with van der Waals surface area (Å²) in [5.41, 5.74) is 2.97. The van der Waals surface area contributed by atoms with Crippen LogP contribution in [0, 0.1) is 18.3 Å². The molecule has 0 radical (unpaired) electrons. The number of nitriles is 1. The molecule has 0 aliphatic heterocycles. The number of ether oxygens (including phenoxy) is 1. The number of hydrogen-bond donors (Lipinski definition) is 3. The van der Waals surface area contributed by atoms with Gasteiger partial charge in [0.2, 0.25) is 0 Å². The molecule has 0 bridgehead atoms. The van der Waals surface area contributed by atoms with E-state index >= 15 is 0 Å². The number of anilines is 2. The summed E-state index contributed by atoms with van der Waals surface area (Å²) in [7, 11) is 0. The lowest BCUT2D eigenvalue weighted by molar-refractivity contribution is 0.252. The third kappa shape index (κ3) is 5.14. The van der Waals surface area contributed by atoms with Gasteiger partial charge in [-0.3, -0.25) is 0 Å². The Hall–Kier alpha value is -3.79. The van der Waals surface area contributed by atoms with Crippen LogP contribution in [-0.2, 0) is 0 Å². The van der Waals surface area contributed by atoms with Crippen molar-refractivity contribution in [2.75, 3.05) is 30.3 Å². The molecule has 0 saturated carbocycles. The largest absolute Gasteiger partial charge is 0.494 e. The van der Waals surface area contributed by atoms with Gasteiger partial charge in [-0.1, -0.05) is 18.2 Å². The number of rotatable bonds is 7. The SMILES string of the molecule is CCOc1ccc2nc(NCCNC(=O)Nc3ccccc3C)c(C#N)cc2c1. The average Bonchev–Trinajstić information content (AvgIpc) is 2.72. The molecule has 3 aromatic rings. The summed E-state index contributed by atoms with van der Waals surface area (Å²) in [6.07, 6.45) is 0. The average molecular weight is 389 g/mol. The minimum Gasteiger partial charge on any atom is -0.494 e. The molecule has 0 atom stereocenters. The quantitative estimate of drug-likeness (QED) is 0.530. The van der Waals surface area contributed by atoms with Crippen molar-refractivity contribution in [3.8, 4) is 11.8 Å². The van der Waals surface area contributed by atoms with E-state index in [9.17, 15) is 10.1 Å². The van der Waals surface area contributed by atoms with E-state index in [-0.39, 0.29) is 6.03 Å². The number of carbonyl (C=O) groups is 1. The number of para-hydroxylation sites is 1. The molecule has 2 aromatic carbocycles. The molecule has 0 aliphatic rings. The molecule has 0 unspecified atom stereocenters. The van der Waals surface area contributed by atoms with E-state index in [1.165, 1.54) is 0 Å². The lowest BCUT2D eigenvalue weighted by Gasteiger charge is -2.12. The minimum atomic E-state index is -0.281. The minimum absolute atomic E-state index is 0.281. The van der Waals surface area contributed by atoms with Crippen LogP contribution in [0.5, 0.6) is 5.75 Å². The second-order valence-corrected chi connectivity index (χ2v) is 6.41. The van der Waals surface area contributed by atoms with E-state index in [0.717, 1.165) is 27.9 Å². The molecule has 3 rings (SSSR count). The molecule has 7 heteroatoms. The lowest BCUT2D eigenvalue weighted by atomic mass is 10.1. The molecule has 1 aromatic heterocycles. The van der Waals surface area contributed by atoms with Gasteiger partial charge in [0, 0.05) is 24.2 Å². The highest BCUT2D eigenvalue weighted by atomic mass is 16.5. The molecule has 29 heavy (non-hydrogen) atoms. The van der Waals surface area contributed by atoms with E-state index in [1.807, 2.05) is 56.3 Å². The zero-order chi connectivity index (χ0) is 20.6. The fourth-order valence-electron chi connectivity index (χ4n) is 2.87. The number of pyridine rings is 1. The summed E-state index contributed by atoms with van der Waals surface area (Å²) >= 11 is 0. The number of carbonyl (C=O) groups excluding carboxylic acids is 1. The van der Waals surface area contributed by atoms with Crippen LogP contribution in [0.3, 0.4) is 0 Å².